The van der Waals surface area contributed by atoms with Gasteiger partial charge in [-0.05, 0) is 43.2 Å². The number of nitrogens with zero attached hydrogens (tertiary/aromatic N) is 2. The minimum Gasteiger partial charge on any atom is -0.396 e. The van der Waals surface area contributed by atoms with E-state index in [2.05, 4.69) is 9.97 Å². The monoisotopic (exact) mass is 400 g/mol. The second-order valence-corrected chi connectivity index (χ2v) is 10.3. The van der Waals surface area contributed by atoms with Gasteiger partial charge in [-0.25, -0.2) is 9.97 Å². The standard InChI is InChI=1S/C19H20N4O2S2/c20-17-16-12(10-3-1-4-10)7-14(13-8-15(24)22-9-21-13)23-18(16)26-19(17)27(25)11-5-2-6-11/h7-11H,1-6,20H2,(H,21,22,24). The highest BCUT2D eigenvalue weighted by molar-refractivity contribution is 7.88. The van der Waals surface area contributed by atoms with Crippen LogP contribution >= 0.6 is 11.3 Å². The van der Waals surface area contributed by atoms with Gasteiger partial charge in [0.2, 0.25) is 0 Å². The average molecular weight is 401 g/mol. The van der Waals surface area contributed by atoms with Crippen molar-refractivity contribution in [2.75, 3.05) is 5.73 Å². The van der Waals surface area contributed by atoms with Crippen LogP contribution in [0.5, 0.6) is 0 Å². The van der Waals surface area contributed by atoms with Gasteiger partial charge in [0.05, 0.1) is 34.2 Å². The summed E-state index contributed by atoms with van der Waals surface area (Å²) in [5.74, 6) is 0.443. The fraction of sp³-hybridized carbons (Fsp3) is 0.421. The molecule has 3 aromatic heterocycles. The lowest BCUT2D eigenvalue weighted by Crippen LogP contribution is -2.23. The molecule has 1 atom stereocenters. The normalized spacial score (nSPS) is 19.0. The molecule has 0 radical (unpaired) electrons. The van der Waals surface area contributed by atoms with Gasteiger partial charge in [-0.3, -0.25) is 9.00 Å². The number of nitrogen functional groups attached to an aromatic ring is 1. The number of hydrogen-bond donors (Lipinski definition) is 2. The minimum atomic E-state index is -1.06. The predicted octanol–water partition coefficient (Wildman–Crippen LogP) is 3.56. The molecule has 0 saturated heterocycles. The Labute approximate surface area is 162 Å². The lowest BCUT2D eigenvalue weighted by Gasteiger charge is -2.27. The Kier molecular flexibility index (Phi) is 4.12. The van der Waals surface area contributed by atoms with E-state index in [0.717, 1.165) is 52.1 Å². The number of hydrogen-bond acceptors (Lipinski definition) is 6. The third-order valence-electron chi connectivity index (χ3n) is 5.72. The number of fused-ring (bicyclic) bond motifs is 1. The van der Waals surface area contributed by atoms with Crippen molar-refractivity contribution < 1.29 is 4.21 Å². The Hall–Kier alpha value is -2.06. The Morgan fingerprint density at radius 3 is 2.56 bits per heavy atom. The van der Waals surface area contributed by atoms with E-state index < -0.39 is 10.8 Å². The number of rotatable bonds is 4. The van der Waals surface area contributed by atoms with Gasteiger partial charge in [-0.1, -0.05) is 12.8 Å². The molecule has 27 heavy (non-hydrogen) atoms. The summed E-state index contributed by atoms with van der Waals surface area (Å²) in [7, 11) is -1.06. The first-order chi connectivity index (χ1) is 13.1. The van der Waals surface area contributed by atoms with Gasteiger partial charge in [0.25, 0.3) is 5.56 Å². The molecule has 5 rings (SSSR count). The van der Waals surface area contributed by atoms with Gasteiger partial charge in [0.15, 0.2) is 0 Å². The van der Waals surface area contributed by atoms with Crippen LogP contribution < -0.4 is 11.3 Å². The number of aromatic nitrogens is 3. The molecular weight excluding hydrogens is 380 g/mol. The lowest BCUT2D eigenvalue weighted by atomic mass is 9.79. The fourth-order valence-electron chi connectivity index (χ4n) is 3.70. The highest BCUT2D eigenvalue weighted by Gasteiger charge is 2.31. The third-order valence-corrected chi connectivity index (χ3v) is 9.02. The zero-order valence-corrected chi connectivity index (χ0v) is 16.4. The quantitative estimate of drug-likeness (QED) is 0.697. The molecule has 2 aliphatic carbocycles. The zero-order valence-electron chi connectivity index (χ0n) is 14.7. The van der Waals surface area contributed by atoms with Crippen LogP contribution in [0.4, 0.5) is 5.69 Å². The van der Waals surface area contributed by atoms with Crippen LogP contribution in [0.15, 0.2) is 27.5 Å². The zero-order chi connectivity index (χ0) is 18.5. The molecule has 6 nitrogen and oxygen atoms in total. The van der Waals surface area contributed by atoms with Crippen molar-refractivity contribution in [3.8, 4) is 11.4 Å². The Morgan fingerprint density at radius 1 is 1.15 bits per heavy atom. The predicted molar refractivity (Wildman–Crippen MR) is 109 cm³/mol. The topological polar surface area (TPSA) is 102 Å². The van der Waals surface area contributed by atoms with Gasteiger partial charge in [-0.15, -0.1) is 11.3 Å². The number of nitrogens with one attached hydrogen (secondary N) is 1. The molecule has 0 spiro atoms. The van der Waals surface area contributed by atoms with E-state index in [1.807, 2.05) is 6.07 Å². The summed E-state index contributed by atoms with van der Waals surface area (Å²) >= 11 is 1.44. The molecule has 3 N–H and O–H groups in total. The van der Waals surface area contributed by atoms with Crippen LogP contribution in [0, 0.1) is 0 Å². The molecule has 0 bridgehead atoms. The Bertz CT molecular complexity index is 1110. The molecule has 3 heterocycles. The minimum absolute atomic E-state index is 0.204. The van der Waals surface area contributed by atoms with Crippen molar-refractivity contribution in [1.82, 2.24) is 15.0 Å². The molecule has 2 fully saturated rings. The SMILES string of the molecule is Nc1c(S(=O)C2CCC2)sc2nc(-c3cc(=O)[nH]cn3)cc(C3CCC3)c12. The van der Waals surface area contributed by atoms with E-state index in [9.17, 15) is 9.00 Å². The third kappa shape index (κ3) is 2.82. The van der Waals surface area contributed by atoms with Crippen molar-refractivity contribution in [3.05, 3.63) is 34.4 Å². The van der Waals surface area contributed by atoms with Crippen LogP contribution in [0.25, 0.3) is 21.6 Å². The highest BCUT2D eigenvalue weighted by Crippen LogP contribution is 2.47. The molecule has 2 saturated carbocycles. The first-order valence-electron chi connectivity index (χ1n) is 9.30. The van der Waals surface area contributed by atoms with Gasteiger partial charge in [-0.2, -0.15) is 0 Å². The summed E-state index contributed by atoms with van der Waals surface area (Å²) in [5, 5.41) is 1.18. The van der Waals surface area contributed by atoms with Gasteiger partial charge in [0.1, 0.15) is 9.04 Å². The van der Waals surface area contributed by atoms with Crippen LogP contribution in [0.2, 0.25) is 0 Å². The first-order valence-corrected chi connectivity index (χ1v) is 11.3. The summed E-state index contributed by atoms with van der Waals surface area (Å²) in [5.41, 5.74) is 9.32. The maximum absolute atomic E-state index is 12.9. The Balaban J connectivity index is 1.70. The van der Waals surface area contributed by atoms with Gasteiger partial charge < -0.3 is 10.7 Å². The number of H-pyrrole nitrogens is 1. The van der Waals surface area contributed by atoms with Crippen molar-refractivity contribution >= 4 is 38.0 Å². The number of pyridine rings is 1. The first kappa shape index (κ1) is 17.1. The highest BCUT2D eigenvalue weighted by atomic mass is 32.2. The van der Waals surface area contributed by atoms with E-state index >= 15 is 0 Å². The van der Waals surface area contributed by atoms with Gasteiger partial charge >= 0.3 is 0 Å². The summed E-state index contributed by atoms with van der Waals surface area (Å²) in [6.07, 6.45) is 8.00. The summed E-state index contributed by atoms with van der Waals surface area (Å²) in [6.45, 7) is 0. The summed E-state index contributed by atoms with van der Waals surface area (Å²) in [6, 6.07) is 3.48. The van der Waals surface area contributed by atoms with Crippen LogP contribution in [-0.2, 0) is 10.8 Å². The summed E-state index contributed by atoms with van der Waals surface area (Å²) < 4.78 is 13.7. The van der Waals surface area contributed by atoms with Crippen LogP contribution in [0.1, 0.15) is 50.0 Å². The van der Waals surface area contributed by atoms with Crippen LogP contribution in [-0.4, -0.2) is 24.4 Å². The molecule has 0 amide bonds. The van der Waals surface area contributed by atoms with E-state index in [1.165, 1.54) is 30.2 Å². The van der Waals surface area contributed by atoms with E-state index in [-0.39, 0.29) is 10.8 Å². The van der Waals surface area contributed by atoms with E-state index in [4.69, 9.17) is 10.7 Å². The van der Waals surface area contributed by atoms with E-state index in [0.29, 0.717) is 23.0 Å². The maximum atomic E-state index is 12.9. The summed E-state index contributed by atoms with van der Waals surface area (Å²) in [4.78, 5) is 24.1. The Morgan fingerprint density at radius 2 is 1.93 bits per heavy atom. The van der Waals surface area contributed by atoms with E-state index in [1.54, 1.807) is 0 Å². The molecule has 0 aliphatic heterocycles. The molecule has 1 unspecified atom stereocenters. The second-order valence-electron chi connectivity index (χ2n) is 7.35. The number of aromatic amines is 1. The molecule has 8 heteroatoms. The molecule has 3 aromatic rings. The molecule has 0 aromatic carbocycles. The number of anilines is 1. The van der Waals surface area contributed by atoms with Crippen molar-refractivity contribution in [3.63, 3.8) is 0 Å². The van der Waals surface area contributed by atoms with Crippen molar-refractivity contribution in [2.24, 2.45) is 0 Å². The fourth-order valence-corrected chi connectivity index (χ4v) is 6.91. The number of thiophene rings is 1. The van der Waals surface area contributed by atoms with Gasteiger partial charge in [0, 0.05) is 16.7 Å². The average Bonchev–Trinajstić information content (AvgIpc) is 2.89. The molecule has 2 aliphatic rings. The van der Waals surface area contributed by atoms with Crippen molar-refractivity contribution in [2.45, 2.75) is 53.9 Å². The smallest absolute Gasteiger partial charge is 0.251 e. The number of nitrogens with two attached hydrogens (primary N) is 1. The molecule has 140 valence electrons. The largest absolute Gasteiger partial charge is 0.396 e. The van der Waals surface area contributed by atoms with Crippen LogP contribution in [0.3, 0.4) is 0 Å². The lowest BCUT2D eigenvalue weighted by molar-refractivity contribution is 0.422. The second kappa shape index (κ2) is 6.53. The van der Waals surface area contributed by atoms with Crippen molar-refractivity contribution in [1.29, 1.82) is 0 Å². The molecular formula is C19H20N4O2S2. The maximum Gasteiger partial charge on any atom is 0.251 e.